The number of carbonyl (C=O) groups excluding carboxylic acids is 2. The summed E-state index contributed by atoms with van der Waals surface area (Å²) in [6.45, 7) is 10.7. The van der Waals surface area contributed by atoms with Crippen molar-refractivity contribution < 1.29 is 28.9 Å². The second-order valence-electron chi connectivity index (χ2n) is 11.3. The summed E-state index contributed by atoms with van der Waals surface area (Å²) in [4.78, 5) is 24.1. The molecule has 4 fully saturated rings. The number of alkyl carbamates (subject to hydrolysis) is 1. The lowest BCUT2D eigenvalue weighted by Gasteiger charge is -2.57. The summed E-state index contributed by atoms with van der Waals surface area (Å²) in [6.07, 6.45) is 2.53. The molecular weight excluding hydrogens is 400 g/mol. The largest absolute Gasteiger partial charge is 0.443 e. The minimum Gasteiger partial charge on any atom is -0.443 e. The summed E-state index contributed by atoms with van der Waals surface area (Å²) >= 11 is 0. The normalized spacial score (nSPS) is 43.8. The number of amides is 2. The molecule has 8 heteroatoms. The quantitative estimate of drug-likeness (QED) is 0.523. The highest BCUT2D eigenvalue weighted by Gasteiger charge is 2.68. The van der Waals surface area contributed by atoms with E-state index in [2.05, 4.69) is 26.1 Å². The van der Waals surface area contributed by atoms with Crippen molar-refractivity contribution in [1.29, 1.82) is 0 Å². The predicted octanol–water partition coefficient (Wildman–Crippen LogP) is 2.11. The van der Waals surface area contributed by atoms with E-state index in [9.17, 15) is 14.7 Å². The molecule has 31 heavy (non-hydrogen) atoms. The first-order valence-corrected chi connectivity index (χ1v) is 11.7. The van der Waals surface area contributed by atoms with E-state index in [1.807, 2.05) is 0 Å². The molecular formula is C23H38N2O6. The first kappa shape index (κ1) is 22.8. The minimum absolute atomic E-state index is 0.0490. The monoisotopic (exact) mass is 438 g/mol. The molecule has 2 heterocycles. The number of ether oxygens (including phenoxy) is 3. The molecule has 0 bridgehead atoms. The number of hydrogen-bond acceptors (Lipinski definition) is 6. The van der Waals surface area contributed by atoms with E-state index in [1.54, 1.807) is 13.8 Å². The summed E-state index contributed by atoms with van der Waals surface area (Å²) < 4.78 is 17.4. The van der Waals surface area contributed by atoms with Gasteiger partial charge in [0.2, 0.25) is 5.91 Å². The van der Waals surface area contributed by atoms with Gasteiger partial charge in [0, 0.05) is 5.92 Å². The zero-order chi connectivity index (χ0) is 22.8. The van der Waals surface area contributed by atoms with Gasteiger partial charge in [0.1, 0.15) is 12.1 Å². The third-order valence-corrected chi connectivity index (χ3v) is 8.50. The van der Waals surface area contributed by atoms with Crippen molar-refractivity contribution in [1.82, 2.24) is 5.32 Å². The summed E-state index contributed by atoms with van der Waals surface area (Å²) in [5, 5.41) is 13.9. The highest BCUT2D eigenvalue weighted by molar-refractivity contribution is 5.84. The Kier molecular flexibility index (Phi) is 5.59. The third kappa shape index (κ3) is 4.07. The maximum atomic E-state index is 12.5. The molecule has 2 aliphatic heterocycles. The number of aliphatic hydroxyl groups is 1. The van der Waals surface area contributed by atoms with Crippen LogP contribution in [-0.2, 0) is 19.0 Å². The SMILES string of the molecule is CC(C)[C@@H](NC(=O)O[C@@H]1CC[C@]2(CO2)C([C@@]2(C)CC[C@@H]2C[C@H]2OC2(C)C)[C@@H]1O)C(N)=O. The summed E-state index contributed by atoms with van der Waals surface area (Å²) in [5.74, 6) is -0.396. The van der Waals surface area contributed by atoms with Crippen LogP contribution in [0.1, 0.15) is 66.7 Å². The first-order valence-electron chi connectivity index (χ1n) is 11.7. The Balaban J connectivity index is 1.43. The van der Waals surface area contributed by atoms with Gasteiger partial charge in [0.25, 0.3) is 0 Å². The number of primary amides is 1. The van der Waals surface area contributed by atoms with Gasteiger partial charge >= 0.3 is 6.09 Å². The molecule has 2 aliphatic carbocycles. The average molecular weight is 439 g/mol. The molecule has 0 radical (unpaired) electrons. The van der Waals surface area contributed by atoms with Gasteiger partial charge in [-0.15, -0.1) is 0 Å². The summed E-state index contributed by atoms with van der Waals surface area (Å²) in [6, 6.07) is -0.808. The van der Waals surface area contributed by atoms with Crippen molar-refractivity contribution in [3.05, 3.63) is 0 Å². The van der Waals surface area contributed by atoms with E-state index >= 15 is 0 Å². The number of nitrogens with one attached hydrogen (secondary N) is 1. The van der Waals surface area contributed by atoms with Crippen LogP contribution in [0.15, 0.2) is 0 Å². The molecule has 0 aromatic carbocycles. The number of carbonyl (C=O) groups is 2. The van der Waals surface area contributed by atoms with Gasteiger partial charge in [-0.1, -0.05) is 20.8 Å². The maximum absolute atomic E-state index is 12.5. The molecule has 8 nitrogen and oxygen atoms in total. The zero-order valence-electron chi connectivity index (χ0n) is 19.3. The van der Waals surface area contributed by atoms with E-state index in [-0.39, 0.29) is 34.6 Å². The standard InChI is InChI=1S/C23H38N2O6/c1-12(2)16(19(24)27)25-20(28)30-14-7-9-23(11-29-23)18(17(14)26)22(5)8-6-13(22)10-15-21(3,4)31-15/h12-18,26H,6-11H2,1-5H3,(H2,24,27)(H,25,28)/t13-,14-,15-,16-,17-,18?,22+,23+/m1/s1. The van der Waals surface area contributed by atoms with E-state index in [0.29, 0.717) is 18.9 Å². The fourth-order valence-electron chi connectivity index (χ4n) is 6.16. The lowest BCUT2D eigenvalue weighted by Crippen LogP contribution is -2.60. The van der Waals surface area contributed by atoms with Crippen molar-refractivity contribution in [2.24, 2.45) is 28.9 Å². The van der Waals surface area contributed by atoms with Crippen LogP contribution in [0.5, 0.6) is 0 Å². The van der Waals surface area contributed by atoms with Crippen LogP contribution < -0.4 is 11.1 Å². The van der Waals surface area contributed by atoms with Crippen LogP contribution in [0.2, 0.25) is 0 Å². The van der Waals surface area contributed by atoms with Crippen LogP contribution in [0.4, 0.5) is 4.79 Å². The van der Waals surface area contributed by atoms with Gasteiger partial charge in [0.05, 0.1) is 30.0 Å². The Labute approximate surface area is 184 Å². The highest BCUT2D eigenvalue weighted by Crippen LogP contribution is 2.64. The molecule has 4 rings (SSSR count). The summed E-state index contributed by atoms with van der Waals surface area (Å²) in [7, 11) is 0. The molecule has 2 saturated carbocycles. The van der Waals surface area contributed by atoms with Crippen LogP contribution in [0.3, 0.4) is 0 Å². The number of hydrogen-bond donors (Lipinski definition) is 3. The fraction of sp³-hybridized carbons (Fsp3) is 0.913. The van der Waals surface area contributed by atoms with Crippen molar-refractivity contribution in [2.45, 2.75) is 102 Å². The van der Waals surface area contributed by atoms with E-state index < -0.39 is 30.3 Å². The Morgan fingerprint density at radius 1 is 1.23 bits per heavy atom. The zero-order valence-corrected chi connectivity index (χ0v) is 19.3. The lowest BCUT2D eigenvalue weighted by atomic mass is 9.48. The van der Waals surface area contributed by atoms with Crippen LogP contribution in [-0.4, -0.2) is 59.3 Å². The molecule has 2 amide bonds. The van der Waals surface area contributed by atoms with E-state index in [4.69, 9.17) is 19.9 Å². The molecule has 8 atom stereocenters. The van der Waals surface area contributed by atoms with Gasteiger partial charge in [0.15, 0.2) is 0 Å². The lowest BCUT2D eigenvalue weighted by molar-refractivity contribution is -0.163. The minimum atomic E-state index is -0.811. The molecule has 176 valence electrons. The van der Waals surface area contributed by atoms with Crippen molar-refractivity contribution in [3.63, 3.8) is 0 Å². The molecule has 1 unspecified atom stereocenters. The second-order valence-corrected chi connectivity index (χ2v) is 11.3. The first-order chi connectivity index (χ1) is 14.4. The molecule has 0 aromatic rings. The Morgan fingerprint density at radius 2 is 1.87 bits per heavy atom. The fourth-order valence-corrected chi connectivity index (χ4v) is 6.16. The second kappa shape index (κ2) is 7.59. The summed E-state index contributed by atoms with van der Waals surface area (Å²) in [5.41, 5.74) is 4.95. The van der Waals surface area contributed by atoms with Gasteiger partial charge in [-0.05, 0) is 63.2 Å². The molecule has 0 aromatic heterocycles. The third-order valence-electron chi connectivity index (χ3n) is 8.50. The number of epoxide rings is 2. The molecule has 4 aliphatic rings. The van der Waals surface area contributed by atoms with Crippen LogP contribution in [0.25, 0.3) is 0 Å². The average Bonchev–Trinajstić information content (AvgIpc) is 3.56. The Morgan fingerprint density at radius 3 is 2.32 bits per heavy atom. The number of nitrogens with two attached hydrogens (primary N) is 1. The van der Waals surface area contributed by atoms with Gasteiger partial charge < -0.3 is 30.4 Å². The molecule has 1 spiro atoms. The van der Waals surface area contributed by atoms with Gasteiger partial charge in [-0.2, -0.15) is 0 Å². The van der Waals surface area contributed by atoms with Crippen molar-refractivity contribution in [3.8, 4) is 0 Å². The van der Waals surface area contributed by atoms with Crippen molar-refractivity contribution >= 4 is 12.0 Å². The van der Waals surface area contributed by atoms with Crippen molar-refractivity contribution in [2.75, 3.05) is 6.61 Å². The maximum Gasteiger partial charge on any atom is 0.408 e. The highest BCUT2D eigenvalue weighted by atomic mass is 16.6. The van der Waals surface area contributed by atoms with Crippen LogP contribution >= 0.6 is 0 Å². The smallest absolute Gasteiger partial charge is 0.408 e. The van der Waals surface area contributed by atoms with Gasteiger partial charge in [-0.25, -0.2) is 4.79 Å². The van der Waals surface area contributed by atoms with Gasteiger partial charge in [-0.3, -0.25) is 4.79 Å². The topological polar surface area (TPSA) is 127 Å². The van der Waals surface area contributed by atoms with Crippen LogP contribution in [0, 0.1) is 23.2 Å². The predicted molar refractivity (Wildman–Crippen MR) is 113 cm³/mol. The molecule has 2 saturated heterocycles. The number of aliphatic hydroxyl groups excluding tert-OH is 1. The number of rotatable bonds is 7. The van der Waals surface area contributed by atoms with E-state index in [0.717, 1.165) is 25.7 Å². The van der Waals surface area contributed by atoms with E-state index in [1.165, 1.54) is 0 Å². The molecule has 4 N–H and O–H groups in total. The Bertz CT molecular complexity index is 736. The Hall–Kier alpha value is -1.38.